The number of carbonyl (C=O) groups excluding carboxylic acids is 1. The van der Waals surface area contributed by atoms with Gasteiger partial charge in [0, 0.05) is 25.5 Å². The molecule has 3 rings (SSSR count). The highest BCUT2D eigenvalue weighted by Gasteiger charge is 2.44. The zero-order valence-corrected chi connectivity index (χ0v) is 8.30. The second-order valence-corrected chi connectivity index (χ2v) is 3.99. The van der Waals surface area contributed by atoms with E-state index in [0.29, 0.717) is 17.8 Å². The SMILES string of the molecule is O=C(c1cccnc1)N1CC[C@@H]2O[C@@H]2C1. The highest BCUT2D eigenvalue weighted by atomic mass is 16.6. The summed E-state index contributed by atoms with van der Waals surface area (Å²) in [6, 6.07) is 3.59. The Morgan fingerprint density at radius 3 is 3.20 bits per heavy atom. The van der Waals surface area contributed by atoms with Crippen LogP contribution in [0.4, 0.5) is 0 Å². The topological polar surface area (TPSA) is 45.7 Å². The van der Waals surface area contributed by atoms with Crippen molar-refractivity contribution in [1.82, 2.24) is 9.88 Å². The maximum atomic E-state index is 12.0. The van der Waals surface area contributed by atoms with E-state index in [9.17, 15) is 4.79 Å². The van der Waals surface area contributed by atoms with E-state index in [2.05, 4.69) is 4.98 Å². The third-order valence-electron chi connectivity index (χ3n) is 2.97. The number of hydrogen-bond acceptors (Lipinski definition) is 3. The van der Waals surface area contributed by atoms with E-state index in [1.807, 2.05) is 4.90 Å². The summed E-state index contributed by atoms with van der Waals surface area (Å²) in [5.41, 5.74) is 0.664. The van der Waals surface area contributed by atoms with Gasteiger partial charge in [0.2, 0.25) is 0 Å². The number of pyridine rings is 1. The van der Waals surface area contributed by atoms with Crippen molar-refractivity contribution in [1.29, 1.82) is 0 Å². The Kier molecular flexibility index (Phi) is 1.95. The molecule has 2 saturated heterocycles. The summed E-state index contributed by atoms with van der Waals surface area (Å²) in [6.07, 6.45) is 4.97. The fourth-order valence-corrected chi connectivity index (χ4v) is 2.04. The zero-order valence-electron chi connectivity index (χ0n) is 8.30. The molecule has 4 nitrogen and oxygen atoms in total. The van der Waals surface area contributed by atoms with Crippen molar-refractivity contribution >= 4 is 5.91 Å². The molecule has 0 spiro atoms. The molecule has 0 radical (unpaired) electrons. The predicted octanol–water partition coefficient (Wildman–Crippen LogP) is 0.695. The average molecular weight is 204 g/mol. The van der Waals surface area contributed by atoms with Crippen LogP contribution in [0.15, 0.2) is 24.5 Å². The number of hydrogen-bond donors (Lipinski definition) is 0. The van der Waals surface area contributed by atoms with E-state index in [1.54, 1.807) is 24.5 Å². The van der Waals surface area contributed by atoms with Gasteiger partial charge in [-0.25, -0.2) is 0 Å². The van der Waals surface area contributed by atoms with Crippen LogP contribution in [0, 0.1) is 0 Å². The third-order valence-corrected chi connectivity index (χ3v) is 2.97. The van der Waals surface area contributed by atoms with Gasteiger partial charge in [0.1, 0.15) is 6.10 Å². The minimum Gasteiger partial charge on any atom is -0.368 e. The molecule has 2 fully saturated rings. The minimum absolute atomic E-state index is 0.0667. The van der Waals surface area contributed by atoms with Crippen LogP contribution in [0.1, 0.15) is 16.8 Å². The lowest BCUT2D eigenvalue weighted by atomic mass is 10.1. The van der Waals surface area contributed by atoms with E-state index >= 15 is 0 Å². The highest BCUT2D eigenvalue weighted by Crippen LogP contribution is 2.31. The first kappa shape index (κ1) is 8.85. The number of aromatic nitrogens is 1. The van der Waals surface area contributed by atoms with E-state index in [0.717, 1.165) is 19.5 Å². The largest absolute Gasteiger partial charge is 0.368 e. The number of rotatable bonds is 1. The quantitative estimate of drug-likeness (QED) is 0.632. The Morgan fingerprint density at radius 1 is 1.53 bits per heavy atom. The summed E-state index contributed by atoms with van der Waals surface area (Å²) in [7, 11) is 0. The maximum absolute atomic E-state index is 12.0. The number of piperidine rings is 1. The van der Waals surface area contributed by atoms with Gasteiger partial charge >= 0.3 is 0 Å². The van der Waals surface area contributed by atoms with E-state index in [4.69, 9.17) is 4.74 Å². The van der Waals surface area contributed by atoms with Crippen LogP contribution in [0.2, 0.25) is 0 Å². The molecular weight excluding hydrogens is 192 g/mol. The van der Waals surface area contributed by atoms with Gasteiger partial charge in [0.25, 0.3) is 5.91 Å². The zero-order chi connectivity index (χ0) is 10.3. The van der Waals surface area contributed by atoms with Crippen LogP contribution in [-0.2, 0) is 4.74 Å². The van der Waals surface area contributed by atoms with Gasteiger partial charge in [-0.3, -0.25) is 9.78 Å². The molecule has 2 aliphatic rings. The Balaban J connectivity index is 1.74. The Bertz CT molecular complexity index is 379. The van der Waals surface area contributed by atoms with Gasteiger partial charge in [-0.15, -0.1) is 0 Å². The van der Waals surface area contributed by atoms with E-state index in [1.165, 1.54) is 0 Å². The molecule has 0 aromatic carbocycles. The van der Waals surface area contributed by atoms with E-state index in [-0.39, 0.29) is 5.91 Å². The number of carbonyl (C=O) groups is 1. The summed E-state index contributed by atoms with van der Waals surface area (Å²) in [5.74, 6) is 0.0667. The molecule has 78 valence electrons. The van der Waals surface area contributed by atoms with Crippen LogP contribution in [0.3, 0.4) is 0 Å². The van der Waals surface area contributed by atoms with Crippen molar-refractivity contribution in [2.75, 3.05) is 13.1 Å². The van der Waals surface area contributed by atoms with Gasteiger partial charge in [0.05, 0.1) is 11.7 Å². The van der Waals surface area contributed by atoms with Crippen molar-refractivity contribution < 1.29 is 9.53 Å². The second kappa shape index (κ2) is 3.31. The molecule has 0 N–H and O–H groups in total. The third kappa shape index (κ3) is 1.61. The minimum atomic E-state index is 0.0667. The van der Waals surface area contributed by atoms with Crippen LogP contribution in [-0.4, -0.2) is 41.1 Å². The van der Waals surface area contributed by atoms with Crippen LogP contribution >= 0.6 is 0 Å². The fourth-order valence-electron chi connectivity index (χ4n) is 2.04. The smallest absolute Gasteiger partial charge is 0.255 e. The molecule has 1 amide bonds. The van der Waals surface area contributed by atoms with Crippen molar-refractivity contribution in [3.63, 3.8) is 0 Å². The Labute approximate surface area is 87.9 Å². The molecule has 0 saturated carbocycles. The lowest BCUT2D eigenvalue weighted by Gasteiger charge is -2.24. The first-order valence-electron chi connectivity index (χ1n) is 5.19. The molecule has 1 aromatic heterocycles. The summed E-state index contributed by atoms with van der Waals surface area (Å²) in [5, 5.41) is 0. The van der Waals surface area contributed by atoms with Gasteiger partial charge in [-0.05, 0) is 18.6 Å². The number of fused-ring (bicyclic) bond motifs is 1. The predicted molar refractivity (Wildman–Crippen MR) is 53.4 cm³/mol. The fraction of sp³-hybridized carbons (Fsp3) is 0.455. The Morgan fingerprint density at radius 2 is 2.47 bits per heavy atom. The molecule has 1 aromatic rings. The second-order valence-electron chi connectivity index (χ2n) is 3.99. The number of epoxide rings is 1. The maximum Gasteiger partial charge on any atom is 0.255 e. The van der Waals surface area contributed by atoms with Crippen molar-refractivity contribution in [2.24, 2.45) is 0 Å². The van der Waals surface area contributed by atoms with Crippen LogP contribution in [0.5, 0.6) is 0 Å². The first-order valence-corrected chi connectivity index (χ1v) is 5.19. The highest BCUT2D eigenvalue weighted by molar-refractivity contribution is 5.94. The lowest BCUT2D eigenvalue weighted by molar-refractivity contribution is 0.0736. The average Bonchev–Trinajstić information content (AvgIpc) is 3.07. The lowest BCUT2D eigenvalue weighted by Crippen LogP contribution is -2.39. The van der Waals surface area contributed by atoms with Crippen molar-refractivity contribution in [2.45, 2.75) is 18.6 Å². The number of amides is 1. The molecule has 2 atom stereocenters. The van der Waals surface area contributed by atoms with E-state index < -0.39 is 0 Å². The summed E-state index contributed by atoms with van der Waals surface area (Å²) in [6.45, 7) is 1.54. The van der Waals surface area contributed by atoms with Gasteiger partial charge < -0.3 is 9.64 Å². The first-order chi connectivity index (χ1) is 7.34. The number of likely N-dealkylation sites (tertiary alicyclic amines) is 1. The molecule has 3 heterocycles. The number of ether oxygens (including phenoxy) is 1. The summed E-state index contributed by atoms with van der Waals surface area (Å²) in [4.78, 5) is 17.8. The molecule has 4 heteroatoms. The summed E-state index contributed by atoms with van der Waals surface area (Å²) >= 11 is 0. The molecule has 0 aliphatic carbocycles. The Hall–Kier alpha value is -1.42. The van der Waals surface area contributed by atoms with Crippen molar-refractivity contribution in [3.8, 4) is 0 Å². The van der Waals surface area contributed by atoms with Gasteiger partial charge in [-0.1, -0.05) is 0 Å². The normalized spacial score (nSPS) is 28.4. The summed E-state index contributed by atoms with van der Waals surface area (Å²) < 4.78 is 5.38. The molecule has 0 bridgehead atoms. The molecule has 0 unspecified atom stereocenters. The monoisotopic (exact) mass is 204 g/mol. The van der Waals surface area contributed by atoms with Crippen LogP contribution in [0.25, 0.3) is 0 Å². The standard InChI is InChI=1S/C11H12N2O2/c14-11(8-2-1-4-12-6-8)13-5-3-9-10(7-13)15-9/h1-2,4,6,9-10H,3,5,7H2/t9-,10+/m0/s1. The number of nitrogens with zero attached hydrogens (tertiary/aromatic N) is 2. The molecular formula is C11H12N2O2. The van der Waals surface area contributed by atoms with Gasteiger partial charge in [0.15, 0.2) is 0 Å². The molecule has 2 aliphatic heterocycles. The van der Waals surface area contributed by atoms with Crippen LogP contribution < -0.4 is 0 Å². The molecule has 15 heavy (non-hydrogen) atoms. The van der Waals surface area contributed by atoms with Crippen molar-refractivity contribution in [3.05, 3.63) is 30.1 Å². The van der Waals surface area contributed by atoms with Gasteiger partial charge in [-0.2, -0.15) is 0 Å².